The maximum absolute atomic E-state index is 4.60. The Bertz CT molecular complexity index is 601. The first-order chi connectivity index (χ1) is 9.03. The third kappa shape index (κ3) is 2.58. The fourth-order valence-corrected chi connectivity index (χ4v) is 3.21. The lowest BCUT2D eigenvalue weighted by molar-refractivity contribution is 0.378. The van der Waals surface area contributed by atoms with Crippen LogP contribution in [0.3, 0.4) is 0 Å². The number of nitrogens with zero attached hydrogens (tertiary/aromatic N) is 1. The molecule has 0 bridgehead atoms. The Morgan fingerprint density at radius 1 is 1.26 bits per heavy atom. The summed E-state index contributed by atoms with van der Waals surface area (Å²) in [4.78, 5) is 4.60. The van der Waals surface area contributed by atoms with E-state index in [0.717, 1.165) is 11.2 Å². The number of anilines is 1. The number of benzene rings is 1. The van der Waals surface area contributed by atoms with Crippen molar-refractivity contribution in [2.24, 2.45) is 5.41 Å². The third-order valence-corrected chi connectivity index (χ3v) is 4.17. The Labute approximate surface area is 115 Å². The monoisotopic (exact) mass is 254 g/mol. The molecular formula is C17H22N2. The Morgan fingerprint density at radius 3 is 2.79 bits per heavy atom. The number of nitrogens with one attached hydrogen (secondary N) is 1. The van der Waals surface area contributed by atoms with E-state index in [9.17, 15) is 0 Å². The van der Waals surface area contributed by atoms with E-state index < -0.39 is 0 Å². The van der Waals surface area contributed by atoms with Gasteiger partial charge >= 0.3 is 0 Å². The summed E-state index contributed by atoms with van der Waals surface area (Å²) in [6.45, 7) is 6.80. The molecular weight excluding hydrogens is 232 g/mol. The smallest absolute Gasteiger partial charge is 0.0725 e. The van der Waals surface area contributed by atoms with Gasteiger partial charge in [0, 0.05) is 22.8 Å². The molecule has 0 saturated heterocycles. The molecule has 1 saturated carbocycles. The zero-order chi connectivity index (χ0) is 13.5. The molecule has 2 aromatic rings. The first-order valence-corrected chi connectivity index (χ1v) is 7.16. The fourth-order valence-electron chi connectivity index (χ4n) is 3.21. The quantitative estimate of drug-likeness (QED) is 0.851. The predicted octanol–water partition coefficient (Wildman–Crippen LogP) is 4.53. The van der Waals surface area contributed by atoms with Crippen molar-refractivity contribution in [1.29, 1.82) is 0 Å². The predicted molar refractivity (Wildman–Crippen MR) is 81.5 cm³/mol. The van der Waals surface area contributed by atoms with Gasteiger partial charge in [0.15, 0.2) is 0 Å². The fraction of sp³-hybridized carbons (Fsp3) is 0.471. The van der Waals surface area contributed by atoms with Crippen molar-refractivity contribution in [3.63, 3.8) is 0 Å². The average molecular weight is 254 g/mol. The highest BCUT2D eigenvalue weighted by Gasteiger charge is 2.30. The van der Waals surface area contributed by atoms with Crippen LogP contribution in [0, 0.1) is 12.3 Å². The molecule has 0 spiro atoms. The molecule has 1 aromatic heterocycles. The van der Waals surface area contributed by atoms with E-state index in [-0.39, 0.29) is 0 Å². The van der Waals surface area contributed by atoms with Gasteiger partial charge in [0.05, 0.1) is 5.52 Å². The van der Waals surface area contributed by atoms with Gasteiger partial charge in [-0.1, -0.05) is 32.0 Å². The molecule has 3 rings (SSSR count). The lowest BCUT2D eigenvalue weighted by Gasteiger charge is -2.19. The Hall–Kier alpha value is -1.57. The van der Waals surface area contributed by atoms with Crippen LogP contribution in [-0.4, -0.2) is 11.0 Å². The van der Waals surface area contributed by atoms with Gasteiger partial charge in [0.2, 0.25) is 0 Å². The van der Waals surface area contributed by atoms with Gasteiger partial charge in [-0.2, -0.15) is 0 Å². The molecule has 1 heterocycles. The summed E-state index contributed by atoms with van der Waals surface area (Å²) in [5.41, 5.74) is 3.89. The Balaban J connectivity index is 1.92. The van der Waals surface area contributed by atoms with Gasteiger partial charge in [-0.05, 0) is 43.7 Å². The Morgan fingerprint density at radius 2 is 2.05 bits per heavy atom. The van der Waals surface area contributed by atoms with E-state index in [0.29, 0.717) is 11.5 Å². The van der Waals surface area contributed by atoms with Crippen molar-refractivity contribution in [3.05, 3.63) is 36.0 Å². The molecule has 1 atom stereocenters. The molecule has 2 heteroatoms. The molecule has 19 heavy (non-hydrogen) atoms. The minimum atomic E-state index is 0.482. The van der Waals surface area contributed by atoms with Gasteiger partial charge < -0.3 is 5.32 Å². The van der Waals surface area contributed by atoms with Crippen LogP contribution in [0.2, 0.25) is 0 Å². The van der Waals surface area contributed by atoms with Gasteiger partial charge in [-0.3, -0.25) is 4.98 Å². The first-order valence-electron chi connectivity index (χ1n) is 7.16. The highest BCUT2D eigenvalue weighted by Crippen LogP contribution is 2.39. The standard InChI is InChI=1S/C17H22N2/c1-12-10-16(14-6-4-5-7-15(14)18-12)19-13-8-9-17(2,3)11-13/h4-7,10,13H,8-9,11H2,1-3H3,(H,18,19). The highest BCUT2D eigenvalue weighted by molar-refractivity contribution is 5.91. The van der Waals surface area contributed by atoms with Crippen LogP contribution >= 0.6 is 0 Å². The van der Waals surface area contributed by atoms with Crippen molar-refractivity contribution < 1.29 is 0 Å². The zero-order valence-electron chi connectivity index (χ0n) is 12.0. The molecule has 100 valence electrons. The molecule has 0 aliphatic heterocycles. The first kappa shape index (κ1) is 12.5. The molecule has 0 amide bonds. The molecule has 2 nitrogen and oxygen atoms in total. The van der Waals surface area contributed by atoms with E-state index in [1.165, 1.54) is 30.3 Å². The Kier molecular flexibility index (Phi) is 2.96. The van der Waals surface area contributed by atoms with Crippen LogP contribution in [0.15, 0.2) is 30.3 Å². The van der Waals surface area contributed by atoms with Crippen molar-refractivity contribution in [2.75, 3.05) is 5.32 Å². The maximum atomic E-state index is 4.60. The van der Waals surface area contributed by atoms with E-state index in [1.54, 1.807) is 0 Å². The molecule has 1 N–H and O–H groups in total. The van der Waals surface area contributed by atoms with E-state index in [2.05, 4.69) is 61.4 Å². The lowest BCUT2D eigenvalue weighted by atomic mass is 9.92. The molecule has 1 aromatic carbocycles. The topological polar surface area (TPSA) is 24.9 Å². The number of fused-ring (bicyclic) bond motifs is 1. The van der Waals surface area contributed by atoms with Crippen LogP contribution in [0.1, 0.15) is 38.8 Å². The number of pyridine rings is 1. The third-order valence-electron chi connectivity index (χ3n) is 4.17. The van der Waals surface area contributed by atoms with Crippen molar-refractivity contribution >= 4 is 16.6 Å². The largest absolute Gasteiger partial charge is 0.382 e. The van der Waals surface area contributed by atoms with Crippen molar-refractivity contribution in [3.8, 4) is 0 Å². The number of aryl methyl sites for hydroxylation is 1. The SMILES string of the molecule is Cc1cc(NC2CCC(C)(C)C2)c2ccccc2n1. The molecule has 1 unspecified atom stereocenters. The number of hydrogen-bond acceptors (Lipinski definition) is 2. The van der Waals surface area contributed by atoms with Crippen LogP contribution in [0.5, 0.6) is 0 Å². The van der Waals surface area contributed by atoms with Crippen LogP contribution in [-0.2, 0) is 0 Å². The molecule has 0 radical (unpaired) electrons. The number of rotatable bonds is 2. The summed E-state index contributed by atoms with van der Waals surface area (Å²) in [7, 11) is 0. The van der Waals surface area contributed by atoms with E-state index in [1.807, 2.05) is 0 Å². The second-order valence-electron chi connectivity index (χ2n) is 6.58. The lowest BCUT2D eigenvalue weighted by Crippen LogP contribution is -2.17. The molecule has 1 fully saturated rings. The van der Waals surface area contributed by atoms with Gasteiger partial charge in [0.25, 0.3) is 0 Å². The summed E-state index contributed by atoms with van der Waals surface area (Å²) >= 11 is 0. The highest BCUT2D eigenvalue weighted by atomic mass is 14.9. The normalized spacial score (nSPS) is 21.7. The number of aromatic nitrogens is 1. The van der Waals surface area contributed by atoms with Gasteiger partial charge in [0.1, 0.15) is 0 Å². The van der Waals surface area contributed by atoms with Crippen LogP contribution < -0.4 is 5.32 Å². The summed E-state index contributed by atoms with van der Waals surface area (Å²) in [6, 6.07) is 11.2. The second-order valence-corrected chi connectivity index (χ2v) is 6.58. The van der Waals surface area contributed by atoms with Gasteiger partial charge in [-0.25, -0.2) is 0 Å². The summed E-state index contributed by atoms with van der Waals surface area (Å²) in [5.74, 6) is 0. The van der Waals surface area contributed by atoms with Crippen LogP contribution in [0.25, 0.3) is 10.9 Å². The van der Waals surface area contributed by atoms with E-state index in [4.69, 9.17) is 0 Å². The summed E-state index contributed by atoms with van der Waals surface area (Å²) in [6.07, 6.45) is 3.83. The zero-order valence-corrected chi connectivity index (χ0v) is 12.0. The van der Waals surface area contributed by atoms with Crippen LogP contribution in [0.4, 0.5) is 5.69 Å². The average Bonchev–Trinajstić information content (AvgIpc) is 2.68. The number of hydrogen-bond donors (Lipinski definition) is 1. The minimum Gasteiger partial charge on any atom is -0.382 e. The second kappa shape index (κ2) is 4.52. The number of para-hydroxylation sites is 1. The maximum Gasteiger partial charge on any atom is 0.0725 e. The summed E-state index contributed by atoms with van der Waals surface area (Å²) < 4.78 is 0. The minimum absolute atomic E-state index is 0.482. The van der Waals surface area contributed by atoms with E-state index >= 15 is 0 Å². The van der Waals surface area contributed by atoms with Crippen molar-refractivity contribution in [2.45, 2.75) is 46.1 Å². The summed E-state index contributed by atoms with van der Waals surface area (Å²) in [5, 5.41) is 4.97. The van der Waals surface area contributed by atoms with Gasteiger partial charge in [-0.15, -0.1) is 0 Å². The molecule has 1 aliphatic carbocycles. The molecule has 1 aliphatic rings. The van der Waals surface area contributed by atoms with Crippen molar-refractivity contribution in [1.82, 2.24) is 4.98 Å².